The summed E-state index contributed by atoms with van der Waals surface area (Å²) in [4.78, 5) is 2.91. The van der Waals surface area contributed by atoms with Crippen LogP contribution in [0, 0.1) is 5.39 Å². The molecule has 114 valence electrons. The minimum atomic E-state index is -3.16. The van der Waals surface area contributed by atoms with E-state index in [0.717, 1.165) is 18.8 Å². The molecule has 0 saturated carbocycles. The van der Waals surface area contributed by atoms with E-state index in [1.807, 2.05) is 26.0 Å². The predicted octanol–water partition coefficient (Wildman–Crippen LogP) is 3.02. The molecule has 6 nitrogen and oxygen atoms in total. The second kappa shape index (κ2) is 8.89. The van der Waals surface area contributed by atoms with Gasteiger partial charge in [0.2, 0.25) is 5.39 Å². The van der Waals surface area contributed by atoms with E-state index in [-0.39, 0.29) is 11.4 Å². The molecule has 0 aliphatic carbocycles. The highest BCUT2D eigenvalue weighted by atomic mass is 32.2. The Morgan fingerprint density at radius 1 is 1.14 bits per heavy atom. The summed E-state index contributed by atoms with van der Waals surface area (Å²) >= 11 is 0. The average molecular weight is 310 g/mol. The molecule has 2 rings (SSSR count). The summed E-state index contributed by atoms with van der Waals surface area (Å²) in [6, 6.07) is 10.5. The van der Waals surface area contributed by atoms with Gasteiger partial charge in [0, 0.05) is 6.07 Å². The van der Waals surface area contributed by atoms with E-state index in [9.17, 15) is 13.5 Å². The van der Waals surface area contributed by atoms with Gasteiger partial charge in [0.15, 0.2) is 4.98 Å². The molecule has 0 aliphatic heterocycles. The van der Waals surface area contributed by atoms with E-state index in [1.54, 1.807) is 18.2 Å². The first-order chi connectivity index (χ1) is 9.89. The molecule has 0 N–H and O–H groups in total. The SMILES string of the molecule is CC.COS(C)(=O)=O.N#[N+]c1ccc2ccccc2c1[O-]. The van der Waals surface area contributed by atoms with Gasteiger partial charge in [0.1, 0.15) is 0 Å². The van der Waals surface area contributed by atoms with Crippen LogP contribution >= 0.6 is 0 Å². The van der Waals surface area contributed by atoms with E-state index in [0.29, 0.717) is 5.39 Å². The molecule has 0 radical (unpaired) electrons. The van der Waals surface area contributed by atoms with Crippen molar-refractivity contribution < 1.29 is 17.7 Å². The molecule has 0 aliphatic rings. The summed E-state index contributed by atoms with van der Waals surface area (Å²) in [7, 11) is -2.04. The van der Waals surface area contributed by atoms with Gasteiger partial charge in [-0.3, -0.25) is 4.18 Å². The first-order valence-electron chi connectivity index (χ1n) is 6.18. The number of hydrogen-bond donors (Lipinski definition) is 0. The maximum atomic E-state index is 11.5. The molecular weight excluding hydrogens is 292 g/mol. The van der Waals surface area contributed by atoms with Crippen LogP contribution in [-0.2, 0) is 14.3 Å². The molecule has 0 atom stereocenters. The zero-order valence-electron chi connectivity index (χ0n) is 12.4. The fraction of sp³-hybridized carbons (Fsp3) is 0.286. The summed E-state index contributed by atoms with van der Waals surface area (Å²) in [5.41, 5.74) is 0.0821. The van der Waals surface area contributed by atoms with Crippen molar-refractivity contribution in [3.63, 3.8) is 0 Å². The normalized spacial score (nSPS) is 9.67. The van der Waals surface area contributed by atoms with Crippen LogP contribution in [0.3, 0.4) is 0 Å². The fourth-order valence-electron chi connectivity index (χ4n) is 1.31. The van der Waals surface area contributed by atoms with Crippen molar-refractivity contribution in [3.05, 3.63) is 41.4 Å². The van der Waals surface area contributed by atoms with Crippen LogP contribution < -0.4 is 5.11 Å². The lowest BCUT2D eigenvalue weighted by atomic mass is 10.1. The predicted molar refractivity (Wildman–Crippen MR) is 81.3 cm³/mol. The van der Waals surface area contributed by atoms with Gasteiger partial charge in [-0.2, -0.15) is 8.42 Å². The Balaban J connectivity index is 0.000000427. The number of benzene rings is 2. The third-order valence-corrected chi connectivity index (χ3v) is 2.87. The van der Waals surface area contributed by atoms with Crippen molar-refractivity contribution in [2.75, 3.05) is 13.4 Å². The average Bonchev–Trinajstić information content (AvgIpc) is 2.50. The van der Waals surface area contributed by atoms with Crippen molar-refractivity contribution in [1.29, 1.82) is 5.39 Å². The Morgan fingerprint density at radius 2 is 1.67 bits per heavy atom. The minimum absolute atomic E-state index is 0.0821. The van der Waals surface area contributed by atoms with Gasteiger partial charge in [-0.1, -0.05) is 38.1 Å². The first-order valence-corrected chi connectivity index (χ1v) is 8.00. The van der Waals surface area contributed by atoms with E-state index in [1.165, 1.54) is 6.07 Å². The third-order valence-electron chi connectivity index (χ3n) is 2.27. The highest BCUT2D eigenvalue weighted by Gasteiger charge is 2.07. The lowest BCUT2D eigenvalue weighted by molar-refractivity contribution is -0.264. The largest absolute Gasteiger partial charge is 0.867 e. The van der Waals surface area contributed by atoms with Crippen LogP contribution in [0.25, 0.3) is 15.7 Å². The zero-order valence-corrected chi connectivity index (χ0v) is 13.2. The number of rotatable bonds is 1. The summed E-state index contributed by atoms with van der Waals surface area (Å²) in [5, 5.41) is 21.5. The molecule has 0 amide bonds. The number of fused-ring (bicyclic) bond motifs is 1. The van der Waals surface area contributed by atoms with Gasteiger partial charge < -0.3 is 5.11 Å². The van der Waals surface area contributed by atoms with E-state index in [2.05, 4.69) is 9.16 Å². The molecule has 2 aromatic carbocycles. The molecule has 21 heavy (non-hydrogen) atoms. The van der Waals surface area contributed by atoms with E-state index >= 15 is 0 Å². The zero-order chi connectivity index (χ0) is 16.5. The molecule has 0 heterocycles. The molecule has 2 aromatic rings. The number of hydrogen-bond acceptors (Lipinski definition) is 5. The van der Waals surface area contributed by atoms with Crippen LogP contribution in [0.5, 0.6) is 5.75 Å². The Labute approximate surface area is 124 Å². The molecule has 0 fully saturated rings. The van der Waals surface area contributed by atoms with Gasteiger partial charge in [-0.05, 0) is 22.6 Å². The van der Waals surface area contributed by atoms with Crippen LogP contribution in [0.15, 0.2) is 36.4 Å². The summed E-state index contributed by atoms with van der Waals surface area (Å²) < 4.78 is 23.5. The maximum Gasteiger partial charge on any atom is 0.378 e. The van der Waals surface area contributed by atoms with Crippen LogP contribution in [0.1, 0.15) is 13.8 Å². The number of nitrogens with zero attached hydrogens (tertiary/aromatic N) is 2. The van der Waals surface area contributed by atoms with Gasteiger partial charge in [-0.25, -0.2) is 0 Å². The molecule has 0 spiro atoms. The van der Waals surface area contributed by atoms with E-state index < -0.39 is 10.1 Å². The monoisotopic (exact) mass is 310 g/mol. The summed E-state index contributed by atoms with van der Waals surface area (Å²) in [5.74, 6) is -0.236. The van der Waals surface area contributed by atoms with Crippen LogP contribution in [0.2, 0.25) is 0 Å². The molecular formula is C14H18N2O4S. The Hall–Kier alpha value is -2.17. The molecule has 0 saturated heterocycles. The second-order valence-electron chi connectivity index (χ2n) is 3.61. The van der Waals surface area contributed by atoms with Gasteiger partial charge in [0.25, 0.3) is 10.1 Å². The van der Waals surface area contributed by atoms with Crippen molar-refractivity contribution in [3.8, 4) is 5.75 Å². The highest BCUT2D eigenvalue weighted by molar-refractivity contribution is 7.85. The van der Waals surface area contributed by atoms with Crippen LogP contribution in [-0.4, -0.2) is 21.8 Å². The van der Waals surface area contributed by atoms with Gasteiger partial charge in [0.05, 0.1) is 13.4 Å². The molecule has 0 aromatic heterocycles. The summed E-state index contributed by atoms with van der Waals surface area (Å²) in [6.45, 7) is 4.00. The van der Waals surface area contributed by atoms with Crippen LogP contribution in [0.4, 0.5) is 5.69 Å². The Bertz CT molecular complexity index is 721. The van der Waals surface area contributed by atoms with Gasteiger partial charge in [-0.15, -0.1) is 0 Å². The summed E-state index contributed by atoms with van der Waals surface area (Å²) in [6.07, 6.45) is 0.993. The second-order valence-corrected chi connectivity index (χ2v) is 5.35. The Morgan fingerprint density at radius 3 is 2.14 bits per heavy atom. The molecule has 0 bridgehead atoms. The molecule has 0 unspecified atom stereocenters. The van der Waals surface area contributed by atoms with E-state index in [4.69, 9.17) is 5.39 Å². The quantitative estimate of drug-likeness (QED) is 0.596. The van der Waals surface area contributed by atoms with Gasteiger partial charge >= 0.3 is 5.69 Å². The van der Waals surface area contributed by atoms with Crippen molar-refractivity contribution >= 4 is 26.6 Å². The first kappa shape index (κ1) is 18.8. The standard InChI is InChI=1S/C10H6N2O.C2H6O3S.C2H6/c11-12-9-6-5-7-3-1-2-4-8(7)10(9)13;1-5-6(2,3)4;1-2/h1-6H;1-2H3;1-2H3. The maximum absolute atomic E-state index is 11.5. The topological polar surface area (TPSA) is 94.6 Å². The van der Waals surface area contributed by atoms with Crippen molar-refractivity contribution in [2.45, 2.75) is 13.8 Å². The lowest BCUT2D eigenvalue weighted by Crippen LogP contribution is -1.95. The highest BCUT2D eigenvalue weighted by Crippen LogP contribution is 2.31. The van der Waals surface area contributed by atoms with Crippen molar-refractivity contribution in [1.82, 2.24) is 0 Å². The third kappa shape index (κ3) is 6.21. The minimum Gasteiger partial charge on any atom is -0.867 e. The number of diazo groups is 1. The fourth-order valence-corrected chi connectivity index (χ4v) is 1.31. The molecule has 7 heteroatoms. The Kier molecular flexibility index (Phi) is 7.97. The lowest BCUT2D eigenvalue weighted by Gasteiger charge is -2.05. The van der Waals surface area contributed by atoms with Crippen molar-refractivity contribution in [2.24, 2.45) is 0 Å². The smallest absolute Gasteiger partial charge is 0.378 e.